The summed E-state index contributed by atoms with van der Waals surface area (Å²) in [6.45, 7) is 5.72. The number of piperazine rings is 1. The van der Waals surface area contributed by atoms with Crippen LogP contribution in [0, 0.1) is 0 Å². The molecule has 2 heterocycles. The fraction of sp³-hybridized carbons (Fsp3) is 0.556. The molecule has 2 aliphatic rings. The SMILES string of the molecule is CN(Cc1ccc(-n2ccc(NC(=O)N3CCN(C(=O)C(C)(C)N)CC3)nc2=O)cc1)C1CCC[C@@H](N)C1. The molecule has 1 aliphatic heterocycles. The maximum atomic E-state index is 12.7. The van der Waals surface area contributed by atoms with Gasteiger partial charge in [-0.25, -0.2) is 9.59 Å². The molecule has 206 valence electrons. The van der Waals surface area contributed by atoms with Crippen molar-refractivity contribution in [2.75, 3.05) is 38.5 Å². The van der Waals surface area contributed by atoms with Crippen molar-refractivity contribution in [2.24, 2.45) is 11.5 Å². The van der Waals surface area contributed by atoms with Gasteiger partial charge in [0.1, 0.15) is 5.82 Å². The van der Waals surface area contributed by atoms with E-state index in [0.717, 1.165) is 24.9 Å². The maximum Gasteiger partial charge on any atom is 0.354 e. The molecule has 1 aliphatic carbocycles. The zero-order valence-corrected chi connectivity index (χ0v) is 22.6. The number of hydrogen-bond donors (Lipinski definition) is 3. The van der Waals surface area contributed by atoms with E-state index in [4.69, 9.17) is 11.5 Å². The number of rotatable bonds is 6. The van der Waals surface area contributed by atoms with Crippen LogP contribution in [0.5, 0.6) is 0 Å². The van der Waals surface area contributed by atoms with E-state index in [0.29, 0.717) is 37.9 Å². The standard InChI is InChI=1S/C27H40N8O3/c1-27(2,29)24(36)33-13-15-34(16-14-33)25(37)30-23-11-12-35(26(38)31-23)21-9-7-19(8-10-21)18-32(3)22-6-4-5-20(28)17-22/h7-12,20,22H,4-6,13-18,28-29H2,1-3H3,(H,30,31,37,38)/t20-,22?/m1/s1. The molecule has 1 aromatic heterocycles. The number of hydrogen-bond acceptors (Lipinski definition) is 7. The van der Waals surface area contributed by atoms with Gasteiger partial charge in [-0.3, -0.25) is 19.6 Å². The Labute approximate surface area is 223 Å². The third kappa shape index (κ3) is 6.77. The second-order valence-corrected chi connectivity index (χ2v) is 11.1. The van der Waals surface area contributed by atoms with Crippen molar-refractivity contribution >= 4 is 17.8 Å². The van der Waals surface area contributed by atoms with E-state index in [9.17, 15) is 14.4 Å². The van der Waals surface area contributed by atoms with Crippen LogP contribution in [0.15, 0.2) is 41.3 Å². The lowest BCUT2D eigenvalue weighted by Gasteiger charge is -2.37. The summed E-state index contributed by atoms with van der Waals surface area (Å²) in [6, 6.07) is 9.87. The summed E-state index contributed by atoms with van der Waals surface area (Å²) >= 11 is 0. The van der Waals surface area contributed by atoms with Gasteiger partial charge < -0.3 is 21.3 Å². The lowest BCUT2D eigenvalue weighted by molar-refractivity contribution is -0.137. The molecule has 1 saturated heterocycles. The van der Waals surface area contributed by atoms with Crippen molar-refractivity contribution < 1.29 is 9.59 Å². The molecule has 0 bridgehead atoms. The van der Waals surface area contributed by atoms with Crippen molar-refractivity contribution in [1.82, 2.24) is 24.3 Å². The first kappa shape index (κ1) is 27.7. The molecule has 0 radical (unpaired) electrons. The molecule has 5 N–H and O–H groups in total. The molecule has 1 unspecified atom stereocenters. The largest absolute Gasteiger partial charge is 0.354 e. The fourth-order valence-corrected chi connectivity index (χ4v) is 5.16. The van der Waals surface area contributed by atoms with Crippen LogP contribution in [0.4, 0.5) is 10.6 Å². The number of benzene rings is 1. The van der Waals surface area contributed by atoms with Gasteiger partial charge in [0.15, 0.2) is 0 Å². The zero-order chi connectivity index (χ0) is 27.4. The van der Waals surface area contributed by atoms with Crippen molar-refractivity contribution in [3.05, 3.63) is 52.6 Å². The van der Waals surface area contributed by atoms with Gasteiger partial charge in [0.25, 0.3) is 0 Å². The van der Waals surface area contributed by atoms with Gasteiger partial charge in [0.05, 0.1) is 11.2 Å². The highest BCUT2D eigenvalue weighted by atomic mass is 16.2. The Hall–Kier alpha value is -3.28. The fourth-order valence-electron chi connectivity index (χ4n) is 5.16. The Balaban J connectivity index is 1.32. The number of nitrogens with zero attached hydrogens (tertiary/aromatic N) is 5. The lowest BCUT2D eigenvalue weighted by Crippen LogP contribution is -2.58. The Morgan fingerprint density at radius 1 is 1.08 bits per heavy atom. The van der Waals surface area contributed by atoms with Gasteiger partial charge in [0.2, 0.25) is 5.91 Å². The summed E-state index contributed by atoms with van der Waals surface area (Å²) in [5.41, 5.74) is 12.5. The molecule has 1 aromatic carbocycles. The van der Waals surface area contributed by atoms with E-state index in [1.54, 1.807) is 35.9 Å². The second-order valence-electron chi connectivity index (χ2n) is 11.1. The van der Waals surface area contributed by atoms with Crippen LogP contribution in [-0.4, -0.2) is 87.0 Å². The minimum atomic E-state index is -0.946. The molecule has 2 aromatic rings. The molecule has 2 atom stereocenters. The predicted molar refractivity (Wildman–Crippen MR) is 147 cm³/mol. The van der Waals surface area contributed by atoms with Crippen LogP contribution in [0.3, 0.4) is 0 Å². The maximum absolute atomic E-state index is 12.7. The van der Waals surface area contributed by atoms with Crippen molar-refractivity contribution in [3.8, 4) is 5.69 Å². The van der Waals surface area contributed by atoms with Gasteiger partial charge in [-0.1, -0.05) is 18.6 Å². The molecule has 2 fully saturated rings. The average Bonchev–Trinajstić information content (AvgIpc) is 2.88. The number of aromatic nitrogens is 2. The number of carbonyl (C=O) groups is 2. The van der Waals surface area contributed by atoms with E-state index in [1.807, 2.05) is 24.3 Å². The summed E-state index contributed by atoms with van der Waals surface area (Å²) in [4.78, 5) is 47.4. The molecule has 1 saturated carbocycles. The van der Waals surface area contributed by atoms with Gasteiger partial charge in [-0.15, -0.1) is 0 Å². The van der Waals surface area contributed by atoms with Crippen LogP contribution in [0.1, 0.15) is 45.1 Å². The Morgan fingerprint density at radius 3 is 2.34 bits per heavy atom. The number of anilines is 1. The number of carbonyl (C=O) groups excluding carboxylic acids is 2. The minimum absolute atomic E-state index is 0.142. The van der Waals surface area contributed by atoms with Gasteiger partial charge in [0, 0.05) is 51.0 Å². The molecule has 0 spiro atoms. The Kier molecular flexibility index (Phi) is 8.49. The average molecular weight is 525 g/mol. The molecule has 11 nitrogen and oxygen atoms in total. The van der Waals surface area contributed by atoms with Crippen LogP contribution in [-0.2, 0) is 11.3 Å². The van der Waals surface area contributed by atoms with E-state index >= 15 is 0 Å². The number of amides is 3. The van der Waals surface area contributed by atoms with Crippen LogP contribution in [0.25, 0.3) is 5.69 Å². The summed E-state index contributed by atoms with van der Waals surface area (Å²) in [5.74, 6) is 0.0404. The van der Waals surface area contributed by atoms with E-state index in [-0.39, 0.29) is 23.8 Å². The summed E-state index contributed by atoms with van der Waals surface area (Å²) < 4.78 is 1.45. The Morgan fingerprint density at radius 2 is 1.74 bits per heavy atom. The topological polar surface area (TPSA) is 143 Å². The highest BCUT2D eigenvalue weighted by Gasteiger charge is 2.31. The smallest absolute Gasteiger partial charge is 0.338 e. The van der Waals surface area contributed by atoms with E-state index in [2.05, 4.69) is 22.2 Å². The molecule has 11 heteroatoms. The third-order valence-corrected chi connectivity index (χ3v) is 7.40. The van der Waals surface area contributed by atoms with Crippen molar-refractivity contribution in [1.29, 1.82) is 0 Å². The number of nitrogens with one attached hydrogen (secondary N) is 1. The van der Waals surface area contributed by atoms with Gasteiger partial charge >= 0.3 is 11.7 Å². The molecule has 4 rings (SSSR count). The van der Waals surface area contributed by atoms with Crippen LogP contribution in [0.2, 0.25) is 0 Å². The number of urea groups is 1. The first-order chi connectivity index (χ1) is 18.0. The monoisotopic (exact) mass is 524 g/mol. The first-order valence-corrected chi connectivity index (χ1v) is 13.3. The zero-order valence-electron chi connectivity index (χ0n) is 22.6. The molecule has 3 amide bonds. The predicted octanol–water partition coefficient (Wildman–Crippen LogP) is 1.35. The number of nitrogens with two attached hydrogens (primary N) is 2. The summed E-state index contributed by atoms with van der Waals surface area (Å²) in [5, 5.41) is 2.69. The second kappa shape index (κ2) is 11.6. The Bertz CT molecular complexity index is 1180. The molecular formula is C27H40N8O3. The molecular weight excluding hydrogens is 484 g/mol. The van der Waals surface area contributed by atoms with Crippen molar-refractivity contribution in [2.45, 2.75) is 63.7 Å². The summed E-state index contributed by atoms with van der Waals surface area (Å²) in [7, 11) is 2.14. The van der Waals surface area contributed by atoms with Crippen LogP contribution < -0.4 is 22.5 Å². The third-order valence-electron chi connectivity index (χ3n) is 7.40. The van der Waals surface area contributed by atoms with E-state index < -0.39 is 11.2 Å². The van der Waals surface area contributed by atoms with E-state index in [1.165, 1.54) is 17.4 Å². The highest BCUT2D eigenvalue weighted by Crippen LogP contribution is 2.22. The quantitative estimate of drug-likeness (QED) is 0.518. The van der Waals surface area contributed by atoms with Crippen molar-refractivity contribution in [3.63, 3.8) is 0 Å². The first-order valence-electron chi connectivity index (χ1n) is 13.3. The minimum Gasteiger partial charge on any atom is -0.338 e. The lowest BCUT2D eigenvalue weighted by atomic mass is 9.90. The highest BCUT2D eigenvalue weighted by molar-refractivity contribution is 5.89. The van der Waals surface area contributed by atoms with Gasteiger partial charge in [-0.2, -0.15) is 4.98 Å². The van der Waals surface area contributed by atoms with Gasteiger partial charge in [-0.05, 0) is 63.9 Å². The summed E-state index contributed by atoms with van der Waals surface area (Å²) in [6.07, 6.45) is 6.09. The van der Waals surface area contributed by atoms with Crippen LogP contribution >= 0.6 is 0 Å². The molecule has 38 heavy (non-hydrogen) atoms. The normalized spacial score (nSPS) is 20.5.